The first kappa shape index (κ1) is 21.0. The van der Waals surface area contributed by atoms with Crippen LogP contribution in [0.4, 0.5) is 0 Å². The number of nitrogens with one attached hydrogen (secondary N) is 3. The van der Waals surface area contributed by atoms with Crippen molar-refractivity contribution in [2.75, 3.05) is 6.54 Å². The Bertz CT molecular complexity index is 588. The summed E-state index contributed by atoms with van der Waals surface area (Å²) in [6.07, 6.45) is 0. The van der Waals surface area contributed by atoms with E-state index in [0.717, 1.165) is 18.1 Å². The van der Waals surface area contributed by atoms with Gasteiger partial charge in [-0.2, -0.15) is 0 Å². The van der Waals surface area contributed by atoms with E-state index in [2.05, 4.69) is 48.6 Å². The second-order valence-corrected chi connectivity index (χ2v) is 7.78. The Labute approximate surface area is 152 Å². The van der Waals surface area contributed by atoms with Crippen molar-refractivity contribution in [2.24, 2.45) is 10.9 Å². The van der Waals surface area contributed by atoms with E-state index in [1.54, 1.807) is 0 Å². The molecule has 1 unspecified atom stereocenters. The van der Waals surface area contributed by atoms with Crippen LogP contribution in [0.3, 0.4) is 0 Å². The lowest BCUT2D eigenvalue weighted by molar-refractivity contribution is 0.0919. The van der Waals surface area contributed by atoms with Gasteiger partial charge in [-0.1, -0.05) is 26.0 Å². The van der Waals surface area contributed by atoms with E-state index < -0.39 is 0 Å². The number of carbonyl (C=O) groups excluding carboxylic acids is 1. The maximum atomic E-state index is 12.3. The first-order valence-electron chi connectivity index (χ1n) is 9.08. The largest absolute Gasteiger partial charge is 0.357 e. The molecule has 0 saturated carbocycles. The van der Waals surface area contributed by atoms with Gasteiger partial charge in [0.15, 0.2) is 5.96 Å². The zero-order valence-corrected chi connectivity index (χ0v) is 16.7. The maximum Gasteiger partial charge on any atom is 0.251 e. The third kappa shape index (κ3) is 8.05. The molecule has 0 aromatic heterocycles. The van der Waals surface area contributed by atoms with Crippen LogP contribution in [0.5, 0.6) is 0 Å². The van der Waals surface area contributed by atoms with Crippen LogP contribution in [-0.2, 0) is 6.54 Å². The molecule has 0 spiro atoms. The molecule has 5 heteroatoms. The second kappa shape index (κ2) is 9.44. The molecule has 140 valence electrons. The Balaban J connectivity index is 2.83. The number of amides is 1. The monoisotopic (exact) mass is 346 g/mol. The summed E-state index contributed by atoms with van der Waals surface area (Å²) in [7, 11) is 0. The van der Waals surface area contributed by atoms with Crippen LogP contribution in [0.15, 0.2) is 29.3 Å². The Morgan fingerprint density at radius 1 is 1.20 bits per heavy atom. The molecular weight excluding hydrogens is 312 g/mol. The Morgan fingerprint density at radius 2 is 1.88 bits per heavy atom. The molecule has 0 aliphatic carbocycles. The predicted octanol–water partition coefficient (Wildman–Crippen LogP) is 3.31. The van der Waals surface area contributed by atoms with Gasteiger partial charge in [-0.25, -0.2) is 4.99 Å². The summed E-state index contributed by atoms with van der Waals surface area (Å²) < 4.78 is 0. The van der Waals surface area contributed by atoms with Gasteiger partial charge in [0.1, 0.15) is 0 Å². The van der Waals surface area contributed by atoms with Crippen LogP contribution >= 0.6 is 0 Å². The molecular formula is C20H34N4O. The van der Waals surface area contributed by atoms with E-state index in [9.17, 15) is 4.79 Å². The van der Waals surface area contributed by atoms with Crippen molar-refractivity contribution in [2.45, 2.75) is 66.6 Å². The van der Waals surface area contributed by atoms with Crippen LogP contribution in [0.2, 0.25) is 0 Å². The zero-order chi connectivity index (χ0) is 19.0. The van der Waals surface area contributed by atoms with Crippen molar-refractivity contribution in [1.82, 2.24) is 16.0 Å². The first-order chi connectivity index (χ1) is 11.6. The minimum atomic E-state index is -0.250. The molecule has 3 N–H and O–H groups in total. The fourth-order valence-corrected chi connectivity index (χ4v) is 2.10. The highest BCUT2D eigenvalue weighted by Crippen LogP contribution is 2.09. The van der Waals surface area contributed by atoms with Crippen LogP contribution < -0.4 is 16.0 Å². The second-order valence-electron chi connectivity index (χ2n) is 7.78. The van der Waals surface area contributed by atoms with Crippen molar-refractivity contribution in [1.29, 1.82) is 0 Å². The van der Waals surface area contributed by atoms with E-state index in [1.807, 2.05) is 45.0 Å². The van der Waals surface area contributed by atoms with Crippen molar-refractivity contribution in [3.63, 3.8) is 0 Å². The first-order valence-corrected chi connectivity index (χ1v) is 9.08. The molecule has 0 saturated heterocycles. The minimum Gasteiger partial charge on any atom is -0.357 e. The van der Waals surface area contributed by atoms with Gasteiger partial charge in [0.2, 0.25) is 0 Å². The summed E-state index contributed by atoms with van der Waals surface area (Å²) in [6.45, 7) is 15.8. The normalized spacial score (nSPS) is 13.5. The fourth-order valence-electron chi connectivity index (χ4n) is 2.10. The number of rotatable bonds is 6. The van der Waals surface area contributed by atoms with Gasteiger partial charge in [-0.3, -0.25) is 4.79 Å². The molecule has 5 nitrogen and oxygen atoms in total. The summed E-state index contributed by atoms with van der Waals surface area (Å²) >= 11 is 0. The standard InChI is InChI=1S/C20H34N4O/c1-8-21-19(23-15(4)14(2)3)22-13-16-10-9-11-17(12-16)18(25)24-20(5,6)7/h9-12,14-15H,8,13H2,1-7H3,(H,24,25)(H2,21,22,23). The van der Waals surface area contributed by atoms with E-state index in [1.165, 1.54) is 0 Å². The summed E-state index contributed by atoms with van der Waals surface area (Å²) in [5.41, 5.74) is 1.42. The molecule has 1 atom stereocenters. The molecule has 1 aromatic rings. The lowest BCUT2D eigenvalue weighted by Gasteiger charge is -2.21. The summed E-state index contributed by atoms with van der Waals surface area (Å²) in [4.78, 5) is 16.9. The van der Waals surface area contributed by atoms with Gasteiger partial charge >= 0.3 is 0 Å². The lowest BCUT2D eigenvalue weighted by Crippen LogP contribution is -2.44. The molecule has 25 heavy (non-hydrogen) atoms. The highest BCUT2D eigenvalue weighted by atomic mass is 16.1. The van der Waals surface area contributed by atoms with E-state index in [-0.39, 0.29) is 11.4 Å². The van der Waals surface area contributed by atoms with Gasteiger partial charge in [0.25, 0.3) is 5.91 Å². The van der Waals surface area contributed by atoms with Crippen molar-refractivity contribution in [3.8, 4) is 0 Å². The third-order valence-corrected chi connectivity index (χ3v) is 3.81. The predicted molar refractivity (Wildman–Crippen MR) is 106 cm³/mol. The number of benzene rings is 1. The summed E-state index contributed by atoms with van der Waals surface area (Å²) in [5, 5.41) is 9.67. The lowest BCUT2D eigenvalue weighted by atomic mass is 10.1. The Hall–Kier alpha value is -2.04. The average Bonchev–Trinajstić information content (AvgIpc) is 2.51. The molecule has 1 aromatic carbocycles. The van der Waals surface area contributed by atoms with Gasteiger partial charge in [0, 0.05) is 23.7 Å². The molecule has 1 amide bonds. The zero-order valence-electron chi connectivity index (χ0n) is 16.7. The van der Waals surface area contributed by atoms with Gasteiger partial charge in [-0.05, 0) is 58.2 Å². The van der Waals surface area contributed by atoms with Crippen LogP contribution in [0, 0.1) is 5.92 Å². The number of hydrogen-bond donors (Lipinski definition) is 3. The summed E-state index contributed by atoms with van der Waals surface area (Å²) in [6, 6.07) is 7.96. The van der Waals surface area contributed by atoms with Crippen LogP contribution in [0.25, 0.3) is 0 Å². The van der Waals surface area contributed by atoms with E-state index in [0.29, 0.717) is 24.1 Å². The van der Waals surface area contributed by atoms with Crippen LogP contribution in [-0.4, -0.2) is 30.0 Å². The van der Waals surface area contributed by atoms with E-state index in [4.69, 9.17) is 0 Å². The molecule has 0 heterocycles. The third-order valence-electron chi connectivity index (χ3n) is 3.81. The van der Waals surface area contributed by atoms with Gasteiger partial charge in [-0.15, -0.1) is 0 Å². The summed E-state index contributed by atoms with van der Waals surface area (Å²) in [5.74, 6) is 1.26. The fraction of sp³-hybridized carbons (Fsp3) is 0.600. The Morgan fingerprint density at radius 3 is 2.44 bits per heavy atom. The van der Waals surface area contributed by atoms with E-state index >= 15 is 0 Å². The highest BCUT2D eigenvalue weighted by Gasteiger charge is 2.15. The van der Waals surface area contributed by atoms with Crippen molar-refractivity contribution < 1.29 is 4.79 Å². The molecule has 0 fully saturated rings. The van der Waals surface area contributed by atoms with Crippen molar-refractivity contribution >= 4 is 11.9 Å². The van der Waals surface area contributed by atoms with Crippen LogP contribution in [0.1, 0.15) is 64.4 Å². The number of guanidine groups is 1. The quantitative estimate of drug-likeness (QED) is 0.547. The number of nitrogens with zero attached hydrogens (tertiary/aromatic N) is 1. The minimum absolute atomic E-state index is 0.0585. The van der Waals surface area contributed by atoms with Gasteiger partial charge in [0.05, 0.1) is 6.54 Å². The highest BCUT2D eigenvalue weighted by molar-refractivity contribution is 5.94. The molecule has 0 aliphatic rings. The molecule has 0 radical (unpaired) electrons. The van der Waals surface area contributed by atoms with Crippen molar-refractivity contribution in [3.05, 3.63) is 35.4 Å². The molecule has 0 aliphatic heterocycles. The smallest absolute Gasteiger partial charge is 0.251 e. The maximum absolute atomic E-state index is 12.3. The Kier molecular flexibility index (Phi) is 7.94. The number of hydrogen-bond acceptors (Lipinski definition) is 2. The SMILES string of the molecule is CCNC(=NCc1cccc(C(=O)NC(C)(C)C)c1)NC(C)C(C)C. The number of carbonyl (C=O) groups is 1. The topological polar surface area (TPSA) is 65.5 Å². The molecule has 1 rings (SSSR count). The number of aliphatic imine (C=N–C) groups is 1. The molecule has 0 bridgehead atoms. The average molecular weight is 347 g/mol. The van der Waals surface area contributed by atoms with Gasteiger partial charge < -0.3 is 16.0 Å².